The zero-order valence-corrected chi connectivity index (χ0v) is 7.47. The predicted molar refractivity (Wildman–Crippen MR) is 47.8 cm³/mol. The standard InChI is InChI=1S/C10H15NO/c1-8-9(4-7-12-8)10(11)5-2-3-6-10/h4,7H,2-3,5-6,11H2,1H3. The lowest BCUT2D eigenvalue weighted by molar-refractivity contribution is 0.441. The summed E-state index contributed by atoms with van der Waals surface area (Å²) in [4.78, 5) is 0. The highest BCUT2D eigenvalue weighted by Crippen LogP contribution is 2.37. The van der Waals surface area contributed by atoms with Crippen molar-refractivity contribution in [3.05, 3.63) is 23.7 Å². The Morgan fingerprint density at radius 3 is 2.58 bits per heavy atom. The SMILES string of the molecule is Cc1occc1C1(N)CCCC1. The summed E-state index contributed by atoms with van der Waals surface area (Å²) < 4.78 is 5.26. The number of nitrogens with two attached hydrogens (primary N) is 1. The Morgan fingerprint density at radius 1 is 1.42 bits per heavy atom. The lowest BCUT2D eigenvalue weighted by Crippen LogP contribution is -2.33. The Morgan fingerprint density at radius 2 is 2.08 bits per heavy atom. The molecular formula is C10H15NO. The molecule has 1 aliphatic carbocycles. The number of rotatable bonds is 1. The van der Waals surface area contributed by atoms with Crippen molar-refractivity contribution in [3.8, 4) is 0 Å². The number of aryl methyl sites for hydroxylation is 1. The molecule has 2 nitrogen and oxygen atoms in total. The van der Waals surface area contributed by atoms with E-state index in [0.29, 0.717) is 0 Å². The van der Waals surface area contributed by atoms with Crippen molar-refractivity contribution in [2.75, 3.05) is 0 Å². The van der Waals surface area contributed by atoms with Gasteiger partial charge in [0.15, 0.2) is 0 Å². The van der Waals surface area contributed by atoms with Gasteiger partial charge in [-0.1, -0.05) is 12.8 Å². The van der Waals surface area contributed by atoms with E-state index < -0.39 is 0 Å². The molecule has 12 heavy (non-hydrogen) atoms. The molecule has 0 atom stereocenters. The van der Waals surface area contributed by atoms with E-state index in [4.69, 9.17) is 10.2 Å². The summed E-state index contributed by atoms with van der Waals surface area (Å²) in [5.74, 6) is 0.986. The fraction of sp³-hybridized carbons (Fsp3) is 0.600. The number of furan rings is 1. The molecule has 0 saturated heterocycles. The Labute approximate surface area is 72.7 Å². The molecule has 2 N–H and O–H groups in total. The molecule has 2 rings (SSSR count). The first-order chi connectivity index (χ1) is 5.72. The van der Waals surface area contributed by atoms with Gasteiger partial charge >= 0.3 is 0 Å². The molecule has 0 unspecified atom stereocenters. The summed E-state index contributed by atoms with van der Waals surface area (Å²) in [5.41, 5.74) is 7.39. The van der Waals surface area contributed by atoms with Crippen LogP contribution in [0.15, 0.2) is 16.7 Å². The highest BCUT2D eigenvalue weighted by molar-refractivity contribution is 5.26. The largest absolute Gasteiger partial charge is 0.469 e. The maximum atomic E-state index is 6.27. The normalized spacial score (nSPS) is 21.5. The second-order valence-corrected chi connectivity index (χ2v) is 3.75. The Balaban J connectivity index is 2.34. The van der Waals surface area contributed by atoms with Crippen LogP contribution in [0.1, 0.15) is 37.0 Å². The van der Waals surface area contributed by atoms with Gasteiger partial charge < -0.3 is 10.2 Å². The fourth-order valence-corrected chi connectivity index (χ4v) is 2.18. The van der Waals surface area contributed by atoms with Crippen LogP contribution in [0, 0.1) is 6.92 Å². The van der Waals surface area contributed by atoms with Crippen LogP contribution in [-0.4, -0.2) is 0 Å². The average molecular weight is 165 g/mol. The van der Waals surface area contributed by atoms with Crippen molar-refractivity contribution in [1.29, 1.82) is 0 Å². The summed E-state index contributed by atoms with van der Waals surface area (Å²) in [6.07, 6.45) is 6.45. The third-order valence-corrected chi connectivity index (χ3v) is 2.89. The predicted octanol–water partition coefficient (Wildman–Crippen LogP) is 2.32. The summed E-state index contributed by atoms with van der Waals surface area (Å²) in [5, 5.41) is 0. The number of hydrogen-bond donors (Lipinski definition) is 1. The molecule has 0 aliphatic heterocycles. The Kier molecular flexibility index (Phi) is 1.72. The summed E-state index contributed by atoms with van der Waals surface area (Å²) in [6, 6.07) is 2.01. The van der Waals surface area contributed by atoms with E-state index >= 15 is 0 Å². The van der Waals surface area contributed by atoms with E-state index in [1.54, 1.807) is 6.26 Å². The van der Waals surface area contributed by atoms with Crippen LogP contribution in [0.4, 0.5) is 0 Å². The molecule has 0 radical (unpaired) electrons. The summed E-state index contributed by atoms with van der Waals surface area (Å²) in [6.45, 7) is 1.99. The molecule has 1 saturated carbocycles. The van der Waals surface area contributed by atoms with Gasteiger partial charge in [-0.15, -0.1) is 0 Å². The zero-order chi connectivity index (χ0) is 8.60. The lowest BCUT2D eigenvalue weighted by Gasteiger charge is -2.22. The maximum absolute atomic E-state index is 6.27. The van der Waals surface area contributed by atoms with Gasteiger partial charge in [-0.05, 0) is 25.8 Å². The quantitative estimate of drug-likeness (QED) is 0.693. The van der Waals surface area contributed by atoms with Gasteiger partial charge in [-0.2, -0.15) is 0 Å². The highest BCUT2D eigenvalue weighted by atomic mass is 16.3. The lowest BCUT2D eigenvalue weighted by atomic mass is 9.90. The van der Waals surface area contributed by atoms with Crippen molar-refractivity contribution < 1.29 is 4.42 Å². The van der Waals surface area contributed by atoms with E-state index in [-0.39, 0.29) is 5.54 Å². The first kappa shape index (κ1) is 7.87. The van der Waals surface area contributed by atoms with Gasteiger partial charge in [0, 0.05) is 11.1 Å². The smallest absolute Gasteiger partial charge is 0.105 e. The van der Waals surface area contributed by atoms with Crippen LogP contribution >= 0.6 is 0 Å². The molecule has 1 heterocycles. The molecular weight excluding hydrogens is 150 g/mol. The van der Waals surface area contributed by atoms with Crippen molar-refractivity contribution >= 4 is 0 Å². The van der Waals surface area contributed by atoms with Gasteiger partial charge in [-0.25, -0.2) is 0 Å². The monoisotopic (exact) mass is 165 g/mol. The molecule has 1 aromatic rings. The second-order valence-electron chi connectivity index (χ2n) is 3.75. The van der Waals surface area contributed by atoms with Gasteiger partial charge in [0.25, 0.3) is 0 Å². The van der Waals surface area contributed by atoms with Gasteiger partial charge in [0.05, 0.1) is 6.26 Å². The minimum Gasteiger partial charge on any atom is -0.469 e. The molecule has 0 amide bonds. The van der Waals surface area contributed by atoms with E-state index in [1.807, 2.05) is 13.0 Å². The van der Waals surface area contributed by atoms with E-state index in [2.05, 4.69) is 0 Å². The molecule has 1 fully saturated rings. The Bertz CT molecular complexity index is 271. The topological polar surface area (TPSA) is 39.2 Å². The molecule has 1 aliphatic rings. The molecule has 2 heteroatoms. The van der Waals surface area contributed by atoms with Crippen molar-refractivity contribution in [2.24, 2.45) is 5.73 Å². The fourth-order valence-electron chi connectivity index (χ4n) is 2.18. The van der Waals surface area contributed by atoms with E-state index in [1.165, 1.54) is 18.4 Å². The number of hydrogen-bond acceptors (Lipinski definition) is 2. The minimum absolute atomic E-state index is 0.0862. The van der Waals surface area contributed by atoms with Gasteiger partial charge in [0.2, 0.25) is 0 Å². The maximum Gasteiger partial charge on any atom is 0.105 e. The highest BCUT2D eigenvalue weighted by Gasteiger charge is 2.33. The van der Waals surface area contributed by atoms with Gasteiger partial charge in [0.1, 0.15) is 5.76 Å². The van der Waals surface area contributed by atoms with Gasteiger partial charge in [-0.3, -0.25) is 0 Å². The molecule has 66 valence electrons. The Hall–Kier alpha value is -0.760. The molecule has 0 spiro atoms. The van der Waals surface area contributed by atoms with E-state index in [9.17, 15) is 0 Å². The first-order valence-corrected chi connectivity index (χ1v) is 4.56. The van der Waals surface area contributed by atoms with Crippen LogP contribution < -0.4 is 5.73 Å². The summed E-state index contributed by atoms with van der Waals surface area (Å²) in [7, 11) is 0. The second kappa shape index (κ2) is 2.63. The van der Waals surface area contributed by atoms with Crippen LogP contribution in [0.5, 0.6) is 0 Å². The van der Waals surface area contributed by atoms with Crippen molar-refractivity contribution in [2.45, 2.75) is 38.1 Å². The third kappa shape index (κ3) is 1.07. The minimum atomic E-state index is -0.0862. The summed E-state index contributed by atoms with van der Waals surface area (Å²) >= 11 is 0. The van der Waals surface area contributed by atoms with Crippen molar-refractivity contribution in [1.82, 2.24) is 0 Å². The molecule has 0 aromatic carbocycles. The third-order valence-electron chi connectivity index (χ3n) is 2.89. The molecule has 0 bridgehead atoms. The van der Waals surface area contributed by atoms with E-state index in [0.717, 1.165) is 18.6 Å². The average Bonchev–Trinajstić information content (AvgIpc) is 2.59. The van der Waals surface area contributed by atoms with Crippen LogP contribution in [-0.2, 0) is 5.54 Å². The molecule has 1 aromatic heterocycles. The zero-order valence-electron chi connectivity index (χ0n) is 7.47. The first-order valence-electron chi connectivity index (χ1n) is 4.56. The van der Waals surface area contributed by atoms with Crippen LogP contribution in [0.25, 0.3) is 0 Å². The van der Waals surface area contributed by atoms with Crippen LogP contribution in [0.2, 0.25) is 0 Å². The van der Waals surface area contributed by atoms with Crippen LogP contribution in [0.3, 0.4) is 0 Å². The van der Waals surface area contributed by atoms with Crippen molar-refractivity contribution in [3.63, 3.8) is 0 Å².